The first kappa shape index (κ1) is 13.4. The van der Waals surface area contributed by atoms with Crippen molar-refractivity contribution < 1.29 is 19.4 Å². The van der Waals surface area contributed by atoms with Gasteiger partial charge in [0.15, 0.2) is 0 Å². The molecule has 1 rings (SSSR count). The molecule has 0 bridgehead atoms. The molecular formula is C13H18O4. The molecule has 0 fully saturated rings. The number of carboxylic acids is 1. The summed E-state index contributed by atoms with van der Waals surface area (Å²) in [4.78, 5) is 10.8. The Balaban J connectivity index is 2.84. The van der Waals surface area contributed by atoms with E-state index in [0.717, 1.165) is 17.1 Å². The van der Waals surface area contributed by atoms with Gasteiger partial charge in [-0.3, -0.25) is 4.79 Å². The van der Waals surface area contributed by atoms with Crippen molar-refractivity contribution in [2.24, 2.45) is 5.92 Å². The zero-order valence-corrected chi connectivity index (χ0v) is 10.4. The maximum atomic E-state index is 10.8. The van der Waals surface area contributed by atoms with Gasteiger partial charge in [0.05, 0.1) is 20.1 Å². The molecule has 1 aromatic rings. The largest absolute Gasteiger partial charge is 0.496 e. The van der Waals surface area contributed by atoms with E-state index < -0.39 is 5.97 Å². The summed E-state index contributed by atoms with van der Waals surface area (Å²) < 4.78 is 10.5. The van der Waals surface area contributed by atoms with Gasteiger partial charge in [0, 0.05) is 5.56 Å². The molecule has 0 radical (unpaired) electrons. The Kier molecular flexibility index (Phi) is 4.82. The molecule has 1 atom stereocenters. The van der Waals surface area contributed by atoms with E-state index in [4.69, 9.17) is 14.6 Å². The smallest absolute Gasteiger partial charge is 0.306 e. The maximum absolute atomic E-state index is 10.8. The summed E-state index contributed by atoms with van der Waals surface area (Å²) >= 11 is 0. The summed E-state index contributed by atoms with van der Waals surface area (Å²) in [5, 5.41) is 8.85. The first-order chi connectivity index (χ1) is 8.10. The van der Waals surface area contributed by atoms with Crippen LogP contribution in [0.4, 0.5) is 0 Å². The van der Waals surface area contributed by atoms with E-state index in [1.165, 1.54) is 0 Å². The molecular weight excluding hydrogens is 220 g/mol. The highest BCUT2D eigenvalue weighted by atomic mass is 16.5. The molecule has 0 aliphatic heterocycles. The highest BCUT2D eigenvalue weighted by molar-refractivity contribution is 5.69. The van der Waals surface area contributed by atoms with E-state index in [9.17, 15) is 4.79 Å². The standard InChI is InChI=1S/C13H18O4/c1-9(13(14)15)7-8-10-11(16-2)5-4-6-12(10)17-3/h4-6,9H,7-8H2,1-3H3,(H,14,15). The number of hydrogen-bond donors (Lipinski definition) is 1. The van der Waals surface area contributed by atoms with Crippen LogP contribution in [0.5, 0.6) is 11.5 Å². The molecule has 17 heavy (non-hydrogen) atoms. The van der Waals surface area contributed by atoms with Crippen molar-refractivity contribution in [1.29, 1.82) is 0 Å². The lowest BCUT2D eigenvalue weighted by atomic mass is 10.00. The first-order valence-electron chi connectivity index (χ1n) is 5.52. The van der Waals surface area contributed by atoms with Crippen LogP contribution in [-0.2, 0) is 11.2 Å². The number of carbonyl (C=O) groups is 1. The van der Waals surface area contributed by atoms with Crippen LogP contribution in [0.15, 0.2) is 18.2 Å². The Hall–Kier alpha value is -1.71. The number of ether oxygens (including phenoxy) is 2. The minimum atomic E-state index is -0.779. The zero-order valence-electron chi connectivity index (χ0n) is 10.4. The van der Waals surface area contributed by atoms with Crippen LogP contribution in [0.25, 0.3) is 0 Å². The second-order valence-corrected chi connectivity index (χ2v) is 3.92. The molecule has 0 saturated heterocycles. The molecule has 0 amide bonds. The summed E-state index contributed by atoms with van der Waals surface area (Å²) in [5.41, 5.74) is 0.922. The Morgan fingerprint density at radius 2 is 1.82 bits per heavy atom. The van der Waals surface area contributed by atoms with Crippen LogP contribution >= 0.6 is 0 Å². The van der Waals surface area contributed by atoms with Gasteiger partial charge in [-0.05, 0) is 25.0 Å². The van der Waals surface area contributed by atoms with Crippen LogP contribution in [0.2, 0.25) is 0 Å². The van der Waals surface area contributed by atoms with Gasteiger partial charge in [-0.1, -0.05) is 13.0 Å². The van der Waals surface area contributed by atoms with Gasteiger partial charge in [-0.25, -0.2) is 0 Å². The van der Waals surface area contributed by atoms with Gasteiger partial charge in [-0.15, -0.1) is 0 Å². The first-order valence-corrected chi connectivity index (χ1v) is 5.52. The minimum absolute atomic E-state index is 0.371. The third kappa shape index (κ3) is 3.37. The monoisotopic (exact) mass is 238 g/mol. The highest BCUT2D eigenvalue weighted by Gasteiger charge is 2.15. The molecule has 0 aliphatic rings. The third-order valence-corrected chi connectivity index (χ3v) is 2.78. The number of carboxylic acid groups (broad SMARTS) is 1. The van der Waals surface area contributed by atoms with Gasteiger partial charge >= 0.3 is 5.97 Å². The Morgan fingerprint density at radius 3 is 2.24 bits per heavy atom. The van der Waals surface area contributed by atoms with Crippen molar-refractivity contribution in [3.05, 3.63) is 23.8 Å². The summed E-state index contributed by atoms with van der Waals surface area (Å²) in [6.07, 6.45) is 1.19. The number of rotatable bonds is 6. The zero-order chi connectivity index (χ0) is 12.8. The Labute approximate surface area is 101 Å². The third-order valence-electron chi connectivity index (χ3n) is 2.78. The summed E-state index contributed by atoms with van der Waals surface area (Å²) in [7, 11) is 3.19. The van der Waals surface area contributed by atoms with E-state index in [2.05, 4.69) is 0 Å². The molecule has 0 heterocycles. The number of aliphatic carboxylic acids is 1. The predicted molar refractivity (Wildman–Crippen MR) is 64.7 cm³/mol. The van der Waals surface area contributed by atoms with Crippen LogP contribution in [0.3, 0.4) is 0 Å². The summed E-state index contributed by atoms with van der Waals surface area (Å²) in [6, 6.07) is 5.55. The maximum Gasteiger partial charge on any atom is 0.306 e. The van der Waals surface area contributed by atoms with E-state index >= 15 is 0 Å². The van der Waals surface area contributed by atoms with Gasteiger partial charge in [-0.2, -0.15) is 0 Å². The molecule has 0 saturated carbocycles. The normalized spacial score (nSPS) is 11.9. The molecule has 1 aromatic carbocycles. The van der Waals surface area contributed by atoms with Gasteiger partial charge < -0.3 is 14.6 Å². The molecule has 1 N–H and O–H groups in total. The molecule has 1 unspecified atom stereocenters. The van der Waals surface area contributed by atoms with Crippen molar-refractivity contribution in [2.45, 2.75) is 19.8 Å². The lowest BCUT2D eigenvalue weighted by molar-refractivity contribution is -0.141. The lowest BCUT2D eigenvalue weighted by Gasteiger charge is -2.13. The topological polar surface area (TPSA) is 55.8 Å². The SMILES string of the molecule is COc1cccc(OC)c1CCC(C)C(=O)O. The van der Waals surface area contributed by atoms with Crippen LogP contribution in [0, 0.1) is 5.92 Å². The number of methoxy groups -OCH3 is 2. The summed E-state index contributed by atoms with van der Waals surface area (Å²) in [6.45, 7) is 1.70. The quantitative estimate of drug-likeness (QED) is 0.826. The Morgan fingerprint density at radius 1 is 1.29 bits per heavy atom. The highest BCUT2D eigenvalue weighted by Crippen LogP contribution is 2.30. The molecule has 4 nitrogen and oxygen atoms in total. The fourth-order valence-electron chi connectivity index (χ4n) is 1.66. The molecule has 0 spiro atoms. The molecule has 94 valence electrons. The van der Waals surface area contributed by atoms with Crippen LogP contribution in [0.1, 0.15) is 18.9 Å². The van der Waals surface area contributed by atoms with Crippen molar-refractivity contribution in [1.82, 2.24) is 0 Å². The number of hydrogen-bond acceptors (Lipinski definition) is 3. The average Bonchev–Trinajstić information content (AvgIpc) is 2.34. The van der Waals surface area contributed by atoms with Crippen molar-refractivity contribution in [3.8, 4) is 11.5 Å². The number of benzene rings is 1. The van der Waals surface area contributed by atoms with Crippen molar-refractivity contribution in [3.63, 3.8) is 0 Å². The molecule has 4 heteroatoms. The van der Waals surface area contributed by atoms with Crippen molar-refractivity contribution in [2.75, 3.05) is 14.2 Å². The fourth-order valence-corrected chi connectivity index (χ4v) is 1.66. The van der Waals surface area contributed by atoms with E-state index in [1.54, 1.807) is 21.1 Å². The molecule has 0 aromatic heterocycles. The lowest BCUT2D eigenvalue weighted by Crippen LogP contribution is -2.10. The fraction of sp³-hybridized carbons (Fsp3) is 0.462. The second-order valence-electron chi connectivity index (χ2n) is 3.92. The van der Waals surface area contributed by atoms with E-state index in [0.29, 0.717) is 12.8 Å². The van der Waals surface area contributed by atoms with Crippen LogP contribution < -0.4 is 9.47 Å². The molecule has 0 aliphatic carbocycles. The van der Waals surface area contributed by atoms with Gasteiger partial charge in [0.2, 0.25) is 0 Å². The van der Waals surface area contributed by atoms with Gasteiger partial charge in [0.25, 0.3) is 0 Å². The Bertz CT molecular complexity index is 365. The van der Waals surface area contributed by atoms with E-state index in [1.807, 2.05) is 18.2 Å². The minimum Gasteiger partial charge on any atom is -0.496 e. The van der Waals surface area contributed by atoms with Crippen molar-refractivity contribution >= 4 is 5.97 Å². The second kappa shape index (κ2) is 6.13. The van der Waals surface area contributed by atoms with Crippen LogP contribution in [-0.4, -0.2) is 25.3 Å². The van der Waals surface area contributed by atoms with Gasteiger partial charge in [0.1, 0.15) is 11.5 Å². The predicted octanol–water partition coefficient (Wildman–Crippen LogP) is 2.36. The summed E-state index contributed by atoms with van der Waals surface area (Å²) in [5.74, 6) is 0.326. The van der Waals surface area contributed by atoms with E-state index in [-0.39, 0.29) is 5.92 Å². The average molecular weight is 238 g/mol.